The van der Waals surface area contributed by atoms with Crippen LogP contribution < -0.4 is 5.56 Å². The molecule has 3 heterocycles. The van der Waals surface area contributed by atoms with Crippen molar-refractivity contribution in [2.75, 3.05) is 6.54 Å². The summed E-state index contributed by atoms with van der Waals surface area (Å²) in [4.78, 5) is 38.1. The molecule has 28 heavy (non-hydrogen) atoms. The third-order valence-corrected chi connectivity index (χ3v) is 6.70. The number of likely N-dealkylation sites (tertiary alicyclic amines) is 1. The molecule has 1 amide bonds. The highest BCUT2D eigenvalue weighted by Gasteiger charge is 2.36. The summed E-state index contributed by atoms with van der Waals surface area (Å²) in [6.07, 6.45) is 4.07. The summed E-state index contributed by atoms with van der Waals surface area (Å²) in [5.41, 5.74) is 3.20. The zero-order chi connectivity index (χ0) is 19.3. The maximum Gasteiger partial charge on any atom is 0.266 e. The third kappa shape index (κ3) is 2.94. The minimum Gasteiger partial charge on any atom is -0.328 e. The second kappa shape index (κ2) is 6.81. The summed E-state index contributed by atoms with van der Waals surface area (Å²) in [5.74, 6) is 1.29. The molecule has 3 aromatic rings. The van der Waals surface area contributed by atoms with Crippen LogP contribution in [0, 0.1) is 12.8 Å². The highest BCUT2D eigenvalue weighted by atomic mass is 32.1. The molecule has 1 aliphatic heterocycles. The number of nitrogens with zero attached hydrogens (tertiary/aromatic N) is 4. The van der Waals surface area contributed by atoms with Gasteiger partial charge in [-0.2, -0.15) is 0 Å². The number of carbonyl (C=O) groups is 1. The number of aromatic nitrogens is 3. The van der Waals surface area contributed by atoms with Gasteiger partial charge in [-0.1, -0.05) is 12.1 Å². The molecule has 2 fully saturated rings. The van der Waals surface area contributed by atoms with E-state index in [1.807, 2.05) is 40.7 Å². The van der Waals surface area contributed by atoms with Crippen LogP contribution in [-0.2, 0) is 6.54 Å². The fourth-order valence-corrected chi connectivity index (χ4v) is 4.85. The predicted octanol–water partition coefficient (Wildman–Crippen LogP) is 3.55. The number of aryl methyl sites for hydroxylation is 1. The van der Waals surface area contributed by atoms with E-state index in [9.17, 15) is 9.59 Å². The molecule has 2 aliphatic rings. The number of thiazole rings is 1. The number of amides is 1. The highest BCUT2D eigenvalue weighted by Crippen LogP contribution is 2.36. The number of hydrogen-bond acceptors (Lipinski definition) is 5. The maximum absolute atomic E-state index is 13.2. The summed E-state index contributed by atoms with van der Waals surface area (Å²) in [5, 5.41) is 0.654. The van der Waals surface area contributed by atoms with E-state index in [2.05, 4.69) is 4.98 Å². The quantitative estimate of drug-likeness (QED) is 0.679. The number of fused-ring (bicyclic) bond motifs is 1. The molecular weight excluding hydrogens is 372 g/mol. The lowest BCUT2D eigenvalue weighted by Crippen LogP contribution is -2.36. The first-order valence-corrected chi connectivity index (χ1v) is 10.7. The Morgan fingerprint density at radius 2 is 2.07 bits per heavy atom. The summed E-state index contributed by atoms with van der Waals surface area (Å²) < 4.78 is 1.84. The fourth-order valence-electron chi connectivity index (χ4n) is 4.09. The Bertz CT molecular complexity index is 1120. The molecule has 1 atom stereocenters. The summed E-state index contributed by atoms with van der Waals surface area (Å²) >= 11 is 1.38. The Morgan fingerprint density at radius 3 is 2.82 bits per heavy atom. The standard InChI is InChI=1S/C21H22N4O2S/c1-13-18(28-12-22-13)21(27)24-10-4-7-17(24)19-23-16-6-3-2-5-15(16)20(26)25(19)11-14-8-9-14/h2-3,5-6,12,14,17H,4,7-11H2,1H3. The minimum atomic E-state index is -0.162. The molecule has 1 saturated heterocycles. The van der Waals surface area contributed by atoms with Gasteiger partial charge >= 0.3 is 0 Å². The van der Waals surface area contributed by atoms with Crippen LogP contribution in [0.5, 0.6) is 0 Å². The first kappa shape index (κ1) is 17.6. The zero-order valence-corrected chi connectivity index (χ0v) is 16.6. The molecule has 1 aliphatic carbocycles. The van der Waals surface area contributed by atoms with Gasteiger partial charge in [-0.05, 0) is 50.7 Å². The van der Waals surface area contributed by atoms with Crippen molar-refractivity contribution < 1.29 is 4.79 Å². The van der Waals surface area contributed by atoms with Gasteiger partial charge in [0.1, 0.15) is 10.7 Å². The van der Waals surface area contributed by atoms with Crippen molar-refractivity contribution in [1.82, 2.24) is 19.4 Å². The highest BCUT2D eigenvalue weighted by molar-refractivity contribution is 7.11. The van der Waals surface area contributed by atoms with Crippen LogP contribution in [0.15, 0.2) is 34.6 Å². The van der Waals surface area contributed by atoms with Crippen molar-refractivity contribution in [2.45, 2.75) is 45.2 Å². The molecule has 0 spiro atoms. The number of carbonyl (C=O) groups excluding carboxylic acids is 1. The van der Waals surface area contributed by atoms with Crippen LogP contribution in [0.2, 0.25) is 0 Å². The number of para-hydroxylation sites is 1. The molecule has 144 valence electrons. The second-order valence-corrected chi connectivity index (χ2v) is 8.62. The van der Waals surface area contributed by atoms with Crippen molar-refractivity contribution >= 4 is 28.1 Å². The normalized spacial score (nSPS) is 19.5. The van der Waals surface area contributed by atoms with Gasteiger partial charge in [-0.15, -0.1) is 11.3 Å². The Morgan fingerprint density at radius 1 is 1.25 bits per heavy atom. The van der Waals surface area contributed by atoms with Crippen LogP contribution in [0.3, 0.4) is 0 Å². The van der Waals surface area contributed by atoms with Crippen LogP contribution >= 0.6 is 11.3 Å². The monoisotopic (exact) mass is 394 g/mol. The van der Waals surface area contributed by atoms with E-state index in [1.54, 1.807) is 5.51 Å². The summed E-state index contributed by atoms with van der Waals surface area (Å²) in [7, 11) is 0. The molecule has 1 saturated carbocycles. The Kier molecular flexibility index (Phi) is 4.27. The average molecular weight is 395 g/mol. The SMILES string of the molecule is Cc1ncsc1C(=O)N1CCCC1c1nc2ccccc2c(=O)n1CC1CC1. The first-order valence-electron chi connectivity index (χ1n) is 9.84. The molecule has 0 radical (unpaired) electrons. The van der Waals surface area contributed by atoms with E-state index in [-0.39, 0.29) is 17.5 Å². The fraction of sp³-hybridized carbons (Fsp3) is 0.429. The third-order valence-electron chi connectivity index (χ3n) is 5.78. The van der Waals surface area contributed by atoms with Crippen LogP contribution in [-0.4, -0.2) is 31.9 Å². The predicted molar refractivity (Wildman–Crippen MR) is 109 cm³/mol. The van der Waals surface area contributed by atoms with Gasteiger partial charge in [0.15, 0.2) is 0 Å². The second-order valence-electron chi connectivity index (χ2n) is 7.77. The molecule has 1 aromatic carbocycles. The molecule has 1 unspecified atom stereocenters. The minimum absolute atomic E-state index is 0.00267. The van der Waals surface area contributed by atoms with E-state index in [0.717, 1.165) is 37.2 Å². The molecule has 0 N–H and O–H groups in total. The van der Waals surface area contributed by atoms with Crippen LogP contribution in [0.1, 0.15) is 52.9 Å². The van der Waals surface area contributed by atoms with Crippen LogP contribution in [0.25, 0.3) is 10.9 Å². The number of hydrogen-bond donors (Lipinski definition) is 0. The smallest absolute Gasteiger partial charge is 0.266 e. The summed E-state index contributed by atoms with van der Waals surface area (Å²) in [6, 6.07) is 7.35. The zero-order valence-electron chi connectivity index (χ0n) is 15.8. The molecular formula is C21H22N4O2S. The van der Waals surface area contributed by atoms with Crippen molar-refractivity contribution in [2.24, 2.45) is 5.92 Å². The van der Waals surface area contributed by atoms with Crippen molar-refractivity contribution in [3.8, 4) is 0 Å². The number of rotatable bonds is 4. The largest absolute Gasteiger partial charge is 0.328 e. The Labute approximate surface area is 166 Å². The van der Waals surface area contributed by atoms with Gasteiger partial charge < -0.3 is 4.90 Å². The van der Waals surface area contributed by atoms with Gasteiger partial charge in [0.05, 0.1) is 28.1 Å². The lowest BCUT2D eigenvalue weighted by atomic mass is 10.1. The summed E-state index contributed by atoms with van der Waals surface area (Å²) in [6.45, 7) is 3.25. The van der Waals surface area contributed by atoms with Gasteiger partial charge in [-0.3, -0.25) is 14.2 Å². The van der Waals surface area contributed by atoms with Crippen molar-refractivity contribution in [1.29, 1.82) is 0 Å². The topological polar surface area (TPSA) is 68.1 Å². The van der Waals surface area contributed by atoms with Crippen LogP contribution in [0.4, 0.5) is 0 Å². The van der Waals surface area contributed by atoms with E-state index < -0.39 is 0 Å². The molecule has 5 rings (SSSR count). The van der Waals surface area contributed by atoms with Gasteiger partial charge in [0.25, 0.3) is 11.5 Å². The van der Waals surface area contributed by atoms with Gasteiger partial charge in [-0.25, -0.2) is 9.97 Å². The lowest BCUT2D eigenvalue weighted by Gasteiger charge is -2.26. The molecule has 7 heteroatoms. The van der Waals surface area contributed by atoms with Gasteiger partial charge in [0, 0.05) is 13.1 Å². The van der Waals surface area contributed by atoms with Crippen molar-refractivity contribution in [3.63, 3.8) is 0 Å². The Hall–Kier alpha value is -2.54. The molecule has 2 aromatic heterocycles. The average Bonchev–Trinajstić information content (AvgIpc) is 3.21. The molecule has 0 bridgehead atoms. The van der Waals surface area contributed by atoms with E-state index in [4.69, 9.17) is 4.98 Å². The van der Waals surface area contributed by atoms with E-state index in [1.165, 1.54) is 11.3 Å². The van der Waals surface area contributed by atoms with Crippen molar-refractivity contribution in [3.05, 3.63) is 56.5 Å². The Balaban J connectivity index is 1.61. The maximum atomic E-state index is 13.2. The molecule has 6 nitrogen and oxygen atoms in total. The lowest BCUT2D eigenvalue weighted by molar-refractivity contribution is 0.0730. The van der Waals surface area contributed by atoms with E-state index >= 15 is 0 Å². The van der Waals surface area contributed by atoms with Gasteiger partial charge in [0.2, 0.25) is 0 Å². The van der Waals surface area contributed by atoms with E-state index in [0.29, 0.717) is 34.8 Å². The first-order chi connectivity index (χ1) is 13.6. The number of benzene rings is 1.